The van der Waals surface area contributed by atoms with Gasteiger partial charge in [0.05, 0.1) is 5.60 Å². The van der Waals surface area contributed by atoms with Crippen molar-refractivity contribution in [1.82, 2.24) is 9.97 Å². The van der Waals surface area contributed by atoms with Crippen LogP contribution in [0.5, 0.6) is 0 Å². The number of aliphatic hydroxyl groups is 1. The van der Waals surface area contributed by atoms with Gasteiger partial charge >= 0.3 is 0 Å². The van der Waals surface area contributed by atoms with E-state index in [-0.39, 0.29) is 5.41 Å². The third kappa shape index (κ3) is 4.06. The predicted octanol–water partition coefficient (Wildman–Crippen LogP) is 2.56. The van der Waals surface area contributed by atoms with Crippen molar-refractivity contribution in [3.05, 3.63) is 11.9 Å². The molecular formula is C16H28N4O. The number of hydrogen-bond acceptors (Lipinski definition) is 5. The Morgan fingerprint density at radius 2 is 1.90 bits per heavy atom. The highest BCUT2D eigenvalue weighted by Crippen LogP contribution is 2.28. The van der Waals surface area contributed by atoms with E-state index >= 15 is 0 Å². The maximum atomic E-state index is 10.1. The fourth-order valence-corrected chi connectivity index (χ4v) is 2.42. The molecule has 0 aliphatic carbocycles. The Kier molecular flexibility index (Phi) is 4.42. The van der Waals surface area contributed by atoms with E-state index in [0.717, 1.165) is 49.9 Å². The Balaban J connectivity index is 2.28. The van der Waals surface area contributed by atoms with Crippen LogP contribution in [0.3, 0.4) is 0 Å². The van der Waals surface area contributed by atoms with Gasteiger partial charge in [0.25, 0.3) is 0 Å². The van der Waals surface area contributed by atoms with Gasteiger partial charge in [0.2, 0.25) is 0 Å². The fraction of sp³-hybridized carbons (Fsp3) is 0.750. The average molecular weight is 292 g/mol. The van der Waals surface area contributed by atoms with Crippen LogP contribution in [0.1, 0.15) is 53.3 Å². The molecule has 0 spiro atoms. The molecule has 0 bridgehead atoms. The molecule has 2 N–H and O–H groups in total. The summed E-state index contributed by atoms with van der Waals surface area (Å²) in [6.07, 6.45) is 1.55. The summed E-state index contributed by atoms with van der Waals surface area (Å²) in [6, 6.07) is 2.01. The topological polar surface area (TPSA) is 61.3 Å². The molecule has 1 aromatic rings. The van der Waals surface area contributed by atoms with Crippen molar-refractivity contribution < 1.29 is 5.11 Å². The van der Waals surface area contributed by atoms with Gasteiger partial charge in [-0.15, -0.1) is 0 Å². The smallest absolute Gasteiger partial charge is 0.138 e. The first-order valence-corrected chi connectivity index (χ1v) is 7.82. The summed E-state index contributed by atoms with van der Waals surface area (Å²) in [5.74, 6) is 2.69. The third-order valence-corrected chi connectivity index (χ3v) is 3.91. The van der Waals surface area contributed by atoms with E-state index in [1.165, 1.54) is 0 Å². The lowest BCUT2D eigenvalue weighted by Crippen LogP contribution is -2.43. The number of anilines is 2. The van der Waals surface area contributed by atoms with Gasteiger partial charge in [-0.05, 0) is 26.7 Å². The zero-order valence-electron chi connectivity index (χ0n) is 13.9. The minimum Gasteiger partial charge on any atom is -0.390 e. The third-order valence-electron chi connectivity index (χ3n) is 3.91. The number of nitrogens with one attached hydrogen (secondary N) is 1. The summed E-state index contributed by atoms with van der Waals surface area (Å²) < 4.78 is 0. The molecule has 0 radical (unpaired) electrons. The van der Waals surface area contributed by atoms with Crippen molar-refractivity contribution >= 4 is 11.6 Å². The van der Waals surface area contributed by atoms with Crippen LogP contribution in [0.15, 0.2) is 6.07 Å². The number of piperidine rings is 1. The zero-order chi connectivity index (χ0) is 15.7. The van der Waals surface area contributed by atoms with Crippen molar-refractivity contribution in [2.45, 2.75) is 58.5 Å². The molecule has 1 aliphatic heterocycles. The maximum Gasteiger partial charge on any atom is 0.138 e. The second-order valence-electron chi connectivity index (χ2n) is 7.20. The average Bonchev–Trinajstić information content (AvgIpc) is 2.37. The van der Waals surface area contributed by atoms with E-state index in [1.807, 2.05) is 13.0 Å². The lowest BCUT2D eigenvalue weighted by molar-refractivity contribution is 0.0350. The lowest BCUT2D eigenvalue weighted by atomic mass is 9.93. The monoisotopic (exact) mass is 292 g/mol. The Hall–Kier alpha value is -1.36. The Labute approximate surface area is 127 Å². The van der Waals surface area contributed by atoms with Gasteiger partial charge in [-0.3, -0.25) is 0 Å². The maximum absolute atomic E-state index is 10.1. The molecule has 0 saturated carbocycles. The minimum atomic E-state index is -0.541. The second-order valence-corrected chi connectivity index (χ2v) is 7.20. The van der Waals surface area contributed by atoms with Crippen molar-refractivity contribution in [2.24, 2.45) is 0 Å². The Bertz CT molecular complexity index is 484. The molecule has 1 aliphatic rings. The lowest BCUT2D eigenvalue weighted by Gasteiger charge is -2.36. The summed E-state index contributed by atoms with van der Waals surface area (Å²) in [5.41, 5.74) is -0.623. The molecule has 118 valence electrons. The summed E-state index contributed by atoms with van der Waals surface area (Å²) >= 11 is 0. The molecule has 1 aromatic heterocycles. The van der Waals surface area contributed by atoms with Gasteiger partial charge in [-0.2, -0.15) is 0 Å². The second kappa shape index (κ2) is 5.79. The quantitative estimate of drug-likeness (QED) is 0.896. The minimum absolute atomic E-state index is 0.0819. The molecule has 5 heteroatoms. The van der Waals surface area contributed by atoms with Crippen molar-refractivity contribution in [3.63, 3.8) is 0 Å². The van der Waals surface area contributed by atoms with Gasteiger partial charge in [0, 0.05) is 31.1 Å². The molecule has 0 atom stereocenters. The first-order valence-electron chi connectivity index (χ1n) is 7.82. The predicted molar refractivity (Wildman–Crippen MR) is 87.0 cm³/mol. The highest BCUT2D eigenvalue weighted by Gasteiger charge is 2.29. The van der Waals surface area contributed by atoms with Crippen LogP contribution < -0.4 is 10.2 Å². The van der Waals surface area contributed by atoms with Crippen molar-refractivity contribution in [1.29, 1.82) is 0 Å². The van der Waals surface area contributed by atoms with Crippen molar-refractivity contribution in [3.8, 4) is 0 Å². The van der Waals surface area contributed by atoms with E-state index in [0.29, 0.717) is 0 Å². The number of aromatic nitrogens is 2. The van der Waals surface area contributed by atoms with E-state index in [2.05, 4.69) is 42.9 Å². The molecule has 0 amide bonds. The van der Waals surface area contributed by atoms with Gasteiger partial charge in [0.15, 0.2) is 0 Å². The molecule has 21 heavy (non-hydrogen) atoms. The number of nitrogens with zero attached hydrogens (tertiary/aromatic N) is 3. The van der Waals surface area contributed by atoms with Crippen LogP contribution in [-0.2, 0) is 5.41 Å². The summed E-state index contributed by atoms with van der Waals surface area (Å²) in [5, 5.41) is 13.4. The Morgan fingerprint density at radius 1 is 1.29 bits per heavy atom. The van der Waals surface area contributed by atoms with Crippen LogP contribution in [0, 0.1) is 0 Å². The summed E-state index contributed by atoms with van der Waals surface area (Å²) in [6.45, 7) is 12.9. The fourth-order valence-electron chi connectivity index (χ4n) is 2.42. The molecule has 1 fully saturated rings. The number of rotatable bonds is 3. The SMILES string of the molecule is CCNc1cc(N2CCC(C)(O)CC2)nc(C(C)(C)C)n1. The largest absolute Gasteiger partial charge is 0.390 e. The molecular weight excluding hydrogens is 264 g/mol. The zero-order valence-corrected chi connectivity index (χ0v) is 13.9. The molecule has 0 aromatic carbocycles. The molecule has 0 unspecified atom stereocenters. The van der Waals surface area contributed by atoms with Crippen LogP contribution in [0.4, 0.5) is 11.6 Å². The normalized spacial score (nSPS) is 18.7. The van der Waals surface area contributed by atoms with Gasteiger partial charge < -0.3 is 15.3 Å². The van der Waals surface area contributed by atoms with Crippen LogP contribution in [-0.4, -0.2) is 40.3 Å². The first kappa shape index (κ1) is 16.0. The van der Waals surface area contributed by atoms with Crippen LogP contribution >= 0.6 is 0 Å². The molecule has 2 heterocycles. The molecule has 1 saturated heterocycles. The standard InChI is InChI=1S/C16H28N4O/c1-6-17-12-11-13(19-14(18-12)15(2,3)4)20-9-7-16(5,21)8-10-20/h11,21H,6-10H2,1-5H3,(H,17,18,19). The van der Waals surface area contributed by atoms with Crippen LogP contribution in [0.2, 0.25) is 0 Å². The Morgan fingerprint density at radius 3 is 2.43 bits per heavy atom. The van der Waals surface area contributed by atoms with E-state index in [1.54, 1.807) is 0 Å². The first-order chi connectivity index (χ1) is 9.71. The molecule has 2 rings (SSSR count). The summed E-state index contributed by atoms with van der Waals surface area (Å²) in [4.78, 5) is 11.6. The van der Waals surface area contributed by atoms with E-state index in [4.69, 9.17) is 4.98 Å². The van der Waals surface area contributed by atoms with E-state index in [9.17, 15) is 5.11 Å². The van der Waals surface area contributed by atoms with Gasteiger partial charge in [-0.1, -0.05) is 20.8 Å². The van der Waals surface area contributed by atoms with Crippen LogP contribution in [0.25, 0.3) is 0 Å². The van der Waals surface area contributed by atoms with Gasteiger partial charge in [0.1, 0.15) is 17.5 Å². The van der Waals surface area contributed by atoms with Crippen molar-refractivity contribution in [2.75, 3.05) is 29.9 Å². The number of hydrogen-bond donors (Lipinski definition) is 2. The molecule has 5 nitrogen and oxygen atoms in total. The highest BCUT2D eigenvalue weighted by atomic mass is 16.3. The highest BCUT2D eigenvalue weighted by molar-refractivity contribution is 5.50. The van der Waals surface area contributed by atoms with Gasteiger partial charge in [-0.25, -0.2) is 9.97 Å². The summed E-state index contributed by atoms with van der Waals surface area (Å²) in [7, 11) is 0. The van der Waals surface area contributed by atoms with E-state index < -0.39 is 5.60 Å².